The maximum atomic E-state index is 12.2. The van der Waals surface area contributed by atoms with Gasteiger partial charge in [-0.1, -0.05) is 0 Å². The number of anilines is 1. The number of likely N-dealkylation sites (N-methyl/N-ethyl adjacent to an activating group) is 1. The largest absolute Gasteiger partial charge is 0.387 e. The van der Waals surface area contributed by atoms with Gasteiger partial charge in [0.15, 0.2) is 35.1 Å². The van der Waals surface area contributed by atoms with Crippen molar-refractivity contribution in [1.29, 1.82) is 0 Å². The fraction of sp³-hybridized carbons (Fsp3) is 0.421. The Balaban J connectivity index is 1.78. The number of hydrogen-bond donors (Lipinski definition) is 4. The Morgan fingerprint density at radius 3 is 2.77 bits per heavy atom. The van der Waals surface area contributed by atoms with Crippen LogP contribution in [-0.2, 0) is 9.53 Å². The van der Waals surface area contributed by atoms with Crippen molar-refractivity contribution < 1.29 is 19.7 Å². The molecule has 4 heterocycles. The lowest BCUT2D eigenvalue weighted by molar-refractivity contribution is -0.137. The third-order valence-electron chi connectivity index (χ3n) is 4.91. The lowest BCUT2D eigenvalue weighted by Gasteiger charge is -2.17. The number of aliphatic hydroxyl groups is 2. The Bertz CT molecular complexity index is 1090. The van der Waals surface area contributed by atoms with Gasteiger partial charge in [0.05, 0.1) is 6.33 Å². The van der Waals surface area contributed by atoms with E-state index in [-0.39, 0.29) is 0 Å². The number of rotatable bonds is 5. The summed E-state index contributed by atoms with van der Waals surface area (Å²) in [7, 11) is 1.72. The van der Waals surface area contributed by atoms with Crippen molar-refractivity contribution in [3.05, 3.63) is 30.4 Å². The van der Waals surface area contributed by atoms with Crippen molar-refractivity contribution in [3.8, 4) is 11.4 Å². The van der Waals surface area contributed by atoms with E-state index in [9.17, 15) is 15.0 Å². The first-order valence-electron chi connectivity index (χ1n) is 9.58. The number of pyridine rings is 1. The summed E-state index contributed by atoms with van der Waals surface area (Å²) >= 11 is 0. The molecule has 158 valence electrons. The molecular weight excluding hydrogens is 390 g/mol. The van der Waals surface area contributed by atoms with Crippen LogP contribution in [0.5, 0.6) is 0 Å². The van der Waals surface area contributed by atoms with E-state index in [0.29, 0.717) is 34.9 Å². The van der Waals surface area contributed by atoms with Gasteiger partial charge in [-0.25, -0.2) is 15.0 Å². The molecule has 0 aliphatic carbocycles. The van der Waals surface area contributed by atoms with Crippen LogP contribution in [0.2, 0.25) is 0 Å². The maximum Gasteiger partial charge on any atom is 0.252 e. The molecule has 3 aromatic rings. The smallest absolute Gasteiger partial charge is 0.252 e. The van der Waals surface area contributed by atoms with E-state index in [0.717, 1.165) is 5.56 Å². The van der Waals surface area contributed by atoms with E-state index in [1.165, 1.54) is 10.9 Å². The second-order valence-electron chi connectivity index (χ2n) is 7.04. The van der Waals surface area contributed by atoms with E-state index in [4.69, 9.17) is 4.74 Å². The Hall–Kier alpha value is -3.15. The predicted molar refractivity (Wildman–Crippen MR) is 107 cm³/mol. The van der Waals surface area contributed by atoms with Crippen molar-refractivity contribution in [2.45, 2.75) is 38.4 Å². The van der Waals surface area contributed by atoms with Gasteiger partial charge < -0.3 is 25.6 Å². The Morgan fingerprint density at radius 2 is 2.07 bits per heavy atom. The molecule has 1 fully saturated rings. The third kappa shape index (κ3) is 3.36. The number of nitrogens with one attached hydrogen (secondary N) is 2. The molecule has 4 N–H and O–H groups in total. The van der Waals surface area contributed by atoms with Gasteiger partial charge in [-0.2, -0.15) is 0 Å². The van der Waals surface area contributed by atoms with Gasteiger partial charge in [-0.3, -0.25) is 14.3 Å². The van der Waals surface area contributed by atoms with Crippen molar-refractivity contribution in [3.63, 3.8) is 0 Å². The lowest BCUT2D eigenvalue weighted by Crippen LogP contribution is -2.42. The number of ether oxygens (including phenoxy) is 1. The van der Waals surface area contributed by atoms with Crippen LogP contribution in [-0.4, -0.2) is 72.5 Å². The molecule has 1 aliphatic heterocycles. The molecule has 0 aromatic carbocycles. The third-order valence-corrected chi connectivity index (χ3v) is 4.91. The zero-order valence-electron chi connectivity index (χ0n) is 16.8. The molecule has 0 unspecified atom stereocenters. The SMILES string of the molecule is CCNC(=O)[C@H]1O[C@@H](n2cnc3c(NC)nc(-c4cncc(C)c4)nc32)[C@H](O)[C@@H]1O. The second-order valence-corrected chi connectivity index (χ2v) is 7.04. The van der Waals surface area contributed by atoms with Crippen LogP contribution in [0, 0.1) is 6.92 Å². The summed E-state index contributed by atoms with van der Waals surface area (Å²) < 4.78 is 7.21. The van der Waals surface area contributed by atoms with E-state index in [2.05, 4.69) is 30.6 Å². The average molecular weight is 413 g/mol. The predicted octanol–water partition coefficient (Wildman–Crippen LogP) is -0.00628. The highest BCUT2D eigenvalue weighted by atomic mass is 16.6. The first-order chi connectivity index (χ1) is 14.4. The number of hydrogen-bond acceptors (Lipinski definition) is 9. The Morgan fingerprint density at radius 1 is 1.27 bits per heavy atom. The molecule has 11 nitrogen and oxygen atoms in total. The number of aliphatic hydroxyl groups excluding tert-OH is 2. The van der Waals surface area contributed by atoms with Crippen molar-refractivity contribution in [2.75, 3.05) is 18.9 Å². The number of carbonyl (C=O) groups excluding carboxylic acids is 1. The summed E-state index contributed by atoms with van der Waals surface area (Å²) in [5, 5.41) is 26.5. The van der Waals surface area contributed by atoms with Gasteiger partial charge in [-0.15, -0.1) is 0 Å². The fourth-order valence-corrected chi connectivity index (χ4v) is 3.46. The molecule has 3 aromatic heterocycles. The number of imidazole rings is 1. The van der Waals surface area contributed by atoms with Crippen LogP contribution < -0.4 is 10.6 Å². The highest BCUT2D eigenvalue weighted by molar-refractivity contribution is 5.85. The molecule has 0 saturated carbocycles. The minimum absolute atomic E-state index is 0.382. The van der Waals surface area contributed by atoms with Crippen molar-refractivity contribution in [1.82, 2.24) is 29.8 Å². The van der Waals surface area contributed by atoms with E-state index < -0.39 is 30.4 Å². The first kappa shape index (κ1) is 20.1. The Kier molecular flexibility index (Phi) is 5.33. The molecule has 1 amide bonds. The van der Waals surface area contributed by atoms with Crippen molar-refractivity contribution >= 4 is 22.9 Å². The van der Waals surface area contributed by atoms with Crippen LogP contribution >= 0.6 is 0 Å². The van der Waals surface area contributed by atoms with Crippen LogP contribution in [0.3, 0.4) is 0 Å². The fourth-order valence-electron chi connectivity index (χ4n) is 3.46. The molecule has 0 spiro atoms. The number of fused-ring (bicyclic) bond motifs is 1. The zero-order valence-corrected chi connectivity index (χ0v) is 16.8. The van der Waals surface area contributed by atoms with Crippen LogP contribution in [0.4, 0.5) is 5.82 Å². The monoisotopic (exact) mass is 413 g/mol. The summed E-state index contributed by atoms with van der Waals surface area (Å²) in [5.74, 6) is 0.412. The minimum atomic E-state index is -1.38. The maximum absolute atomic E-state index is 12.2. The summed E-state index contributed by atoms with van der Waals surface area (Å²) in [4.78, 5) is 29.8. The van der Waals surface area contributed by atoms with E-state index >= 15 is 0 Å². The molecule has 30 heavy (non-hydrogen) atoms. The number of nitrogens with zero attached hydrogens (tertiary/aromatic N) is 5. The van der Waals surface area contributed by atoms with Gasteiger partial charge in [0.25, 0.3) is 5.91 Å². The summed E-state index contributed by atoms with van der Waals surface area (Å²) in [6.45, 7) is 4.06. The van der Waals surface area contributed by atoms with E-state index in [1.54, 1.807) is 26.4 Å². The normalized spacial score (nSPS) is 23.6. The number of aromatic nitrogens is 5. The van der Waals surface area contributed by atoms with Gasteiger partial charge in [0.2, 0.25) is 0 Å². The Labute approximate surface area is 172 Å². The quantitative estimate of drug-likeness (QED) is 0.453. The highest BCUT2D eigenvalue weighted by Gasteiger charge is 2.47. The van der Waals surface area contributed by atoms with Gasteiger partial charge in [-0.05, 0) is 25.5 Å². The molecule has 1 aliphatic rings. The number of amides is 1. The molecular formula is C19H23N7O4. The van der Waals surface area contributed by atoms with Gasteiger partial charge in [0, 0.05) is 31.5 Å². The van der Waals surface area contributed by atoms with Crippen LogP contribution in [0.25, 0.3) is 22.6 Å². The number of aryl methyl sites for hydroxylation is 1. The summed E-state index contributed by atoms with van der Waals surface area (Å²) in [5.41, 5.74) is 2.53. The van der Waals surface area contributed by atoms with Crippen LogP contribution in [0.1, 0.15) is 18.7 Å². The molecule has 0 radical (unpaired) electrons. The van der Waals surface area contributed by atoms with Gasteiger partial charge >= 0.3 is 0 Å². The van der Waals surface area contributed by atoms with Crippen LogP contribution in [0.15, 0.2) is 24.8 Å². The average Bonchev–Trinajstić information content (AvgIpc) is 3.29. The standard InChI is InChI=1S/C19H23N7O4/c1-4-22-18(29)14-12(27)13(28)19(30-14)26-8-23-11-16(20-3)24-15(25-17(11)26)10-5-9(2)6-21-7-10/h5-8,12-14,19,27-28H,4H2,1-3H3,(H,22,29)(H,20,24,25)/t12-,13+,14-,19+/m0/s1. The van der Waals surface area contributed by atoms with Gasteiger partial charge in [0.1, 0.15) is 12.2 Å². The zero-order chi connectivity index (χ0) is 21.4. The topological polar surface area (TPSA) is 147 Å². The van der Waals surface area contributed by atoms with E-state index in [1.807, 2.05) is 13.0 Å². The number of carbonyl (C=O) groups is 1. The first-order valence-corrected chi connectivity index (χ1v) is 9.58. The molecule has 11 heteroatoms. The highest BCUT2D eigenvalue weighted by Crippen LogP contribution is 2.33. The molecule has 1 saturated heterocycles. The summed E-state index contributed by atoms with van der Waals surface area (Å²) in [6.07, 6.45) is -0.133. The van der Waals surface area contributed by atoms with Crippen molar-refractivity contribution in [2.24, 2.45) is 0 Å². The lowest BCUT2D eigenvalue weighted by atomic mass is 10.1. The molecule has 4 rings (SSSR count). The minimum Gasteiger partial charge on any atom is -0.387 e. The second kappa shape index (κ2) is 7.94. The molecule has 0 bridgehead atoms. The molecule has 4 atom stereocenters. The summed E-state index contributed by atoms with van der Waals surface area (Å²) in [6, 6.07) is 1.91.